The summed E-state index contributed by atoms with van der Waals surface area (Å²) in [7, 11) is 0. The topological polar surface area (TPSA) is 55.6 Å². The first-order valence-electron chi connectivity index (χ1n) is 8.47. The van der Waals surface area contributed by atoms with Crippen molar-refractivity contribution in [2.75, 3.05) is 19.8 Å². The number of morpholine rings is 1. The fraction of sp³-hybridized carbons (Fsp3) is 0.474. The van der Waals surface area contributed by atoms with Crippen LogP contribution in [0.15, 0.2) is 41.1 Å². The molecule has 2 aromatic rings. The van der Waals surface area contributed by atoms with Gasteiger partial charge < -0.3 is 9.15 Å². The predicted octanol–water partition coefficient (Wildman–Crippen LogP) is 3.27. The molecule has 1 aliphatic heterocycles. The largest absolute Gasteiger partial charge is 0.448 e. The second-order valence-electron chi connectivity index (χ2n) is 6.51. The highest BCUT2D eigenvalue weighted by molar-refractivity contribution is 5.96. The van der Waals surface area contributed by atoms with Gasteiger partial charge in [-0.3, -0.25) is 9.69 Å². The lowest BCUT2D eigenvalue weighted by Gasteiger charge is -2.35. The maximum Gasteiger partial charge on any atom is 0.181 e. The van der Waals surface area contributed by atoms with E-state index in [1.165, 1.54) is 6.39 Å². The second-order valence-corrected chi connectivity index (χ2v) is 6.51. The highest BCUT2D eigenvalue weighted by Crippen LogP contribution is 2.22. The van der Waals surface area contributed by atoms with Crippen molar-refractivity contribution in [3.05, 3.63) is 53.7 Å². The first-order chi connectivity index (χ1) is 11.6. The van der Waals surface area contributed by atoms with Crippen molar-refractivity contribution >= 4 is 5.78 Å². The van der Waals surface area contributed by atoms with Crippen LogP contribution >= 0.6 is 0 Å². The van der Waals surface area contributed by atoms with E-state index in [2.05, 4.69) is 23.7 Å². The van der Waals surface area contributed by atoms with Crippen LogP contribution in [0.4, 0.5) is 0 Å². The van der Waals surface area contributed by atoms with Gasteiger partial charge in [-0.15, -0.1) is 0 Å². The van der Waals surface area contributed by atoms with E-state index in [-0.39, 0.29) is 11.8 Å². The van der Waals surface area contributed by atoms with Gasteiger partial charge in [-0.1, -0.05) is 44.2 Å². The van der Waals surface area contributed by atoms with Crippen molar-refractivity contribution in [1.82, 2.24) is 9.88 Å². The molecule has 1 aromatic carbocycles. The molecule has 0 amide bonds. The fourth-order valence-corrected chi connectivity index (χ4v) is 3.10. The summed E-state index contributed by atoms with van der Waals surface area (Å²) in [6.45, 7) is 6.95. The third-order valence-corrected chi connectivity index (χ3v) is 4.42. The lowest BCUT2D eigenvalue weighted by atomic mass is 10.0. The van der Waals surface area contributed by atoms with Gasteiger partial charge in [-0.2, -0.15) is 0 Å². The van der Waals surface area contributed by atoms with Crippen molar-refractivity contribution in [3.63, 3.8) is 0 Å². The molecule has 0 unspecified atom stereocenters. The number of nitrogens with zero attached hydrogens (tertiary/aromatic N) is 2. The molecule has 1 fully saturated rings. The summed E-state index contributed by atoms with van der Waals surface area (Å²) in [5.74, 6) is 1.38. The monoisotopic (exact) mass is 328 g/mol. The van der Waals surface area contributed by atoms with Crippen LogP contribution in [0.1, 0.15) is 48.0 Å². The van der Waals surface area contributed by atoms with Crippen molar-refractivity contribution < 1.29 is 13.9 Å². The molecule has 1 aliphatic rings. The highest BCUT2D eigenvalue weighted by atomic mass is 16.5. The van der Waals surface area contributed by atoms with E-state index < -0.39 is 0 Å². The number of hydrogen-bond donors (Lipinski definition) is 0. The van der Waals surface area contributed by atoms with Gasteiger partial charge in [0.05, 0.1) is 18.9 Å². The number of benzene rings is 1. The molecule has 0 N–H and O–H groups in total. The molecule has 3 rings (SSSR count). The molecular weight excluding hydrogens is 304 g/mol. The zero-order chi connectivity index (χ0) is 16.9. The van der Waals surface area contributed by atoms with Crippen molar-refractivity contribution in [2.45, 2.75) is 38.8 Å². The molecular formula is C19H24N2O3. The van der Waals surface area contributed by atoms with Crippen LogP contribution in [-0.4, -0.2) is 41.5 Å². The van der Waals surface area contributed by atoms with Crippen molar-refractivity contribution in [1.29, 1.82) is 0 Å². The molecule has 2 heterocycles. The minimum Gasteiger partial charge on any atom is -0.448 e. The van der Waals surface area contributed by atoms with Crippen LogP contribution in [-0.2, 0) is 11.3 Å². The number of oxazole rings is 1. The zero-order valence-electron chi connectivity index (χ0n) is 14.3. The van der Waals surface area contributed by atoms with Gasteiger partial charge in [0.15, 0.2) is 12.2 Å². The molecule has 0 radical (unpaired) electrons. The maximum absolute atomic E-state index is 12.5. The molecule has 0 saturated carbocycles. The Bertz CT molecular complexity index is 666. The summed E-state index contributed by atoms with van der Waals surface area (Å²) in [6.07, 6.45) is 1.97. The number of hydrogen-bond acceptors (Lipinski definition) is 5. The number of Topliss-reactive ketones (excluding diaryl/α,β-unsaturated/α-hetero) is 1. The first kappa shape index (κ1) is 16.9. The molecule has 5 nitrogen and oxygen atoms in total. The van der Waals surface area contributed by atoms with Gasteiger partial charge in [0.1, 0.15) is 5.76 Å². The zero-order valence-corrected chi connectivity index (χ0v) is 14.3. The summed E-state index contributed by atoms with van der Waals surface area (Å²) >= 11 is 0. The van der Waals surface area contributed by atoms with Gasteiger partial charge >= 0.3 is 0 Å². The Morgan fingerprint density at radius 2 is 2.12 bits per heavy atom. The van der Waals surface area contributed by atoms with E-state index in [1.807, 2.05) is 30.3 Å². The quantitative estimate of drug-likeness (QED) is 0.762. The minimum atomic E-state index is 0.0724. The van der Waals surface area contributed by atoms with Gasteiger partial charge in [0, 0.05) is 37.0 Å². The lowest BCUT2D eigenvalue weighted by molar-refractivity contribution is -0.0132. The summed E-state index contributed by atoms with van der Waals surface area (Å²) in [5.41, 5.74) is 1.72. The van der Waals surface area contributed by atoms with Crippen LogP contribution in [0.5, 0.6) is 0 Å². The summed E-state index contributed by atoms with van der Waals surface area (Å²) in [4.78, 5) is 19.2. The number of carbonyl (C=O) groups excluding carboxylic acids is 1. The number of carbonyl (C=O) groups is 1. The average molecular weight is 328 g/mol. The number of ether oxygens (including phenoxy) is 1. The van der Waals surface area contributed by atoms with Crippen molar-refractivity contribution in [2.24, 2.45) is 0 Å². The second kappa shape index (κ2) is 7.73. The Kier molecular flexibility index (Phi) is 5.43. The smallest absolute Gasteiger partial charge is 0.181 e. The van der Waals surface area contributed by atoms with E-state index in [9.17, 15) is 4.79 Å². The van der Waals surface area contributed by atoms with Crippen LogP contribution in [0.3, 0.4) is 0 Å². The van der Waals surface area contributed by atoms with E-state index >= 15 is 0 Å². The van der Waals surface area contributed by atoms with E-state index in [0.29, 0.717) is 32.1 Å². The Balaban J connectivity index is 1.69. The Hall–Kier alpha value is -1.98. The third-order valence-electron chi connectivity index (χ3n) is 4.42. The minimum absolute atomic E-state index is 0.0724. The average Bonchev–Trinajstić information content (AvgIpc) is 3.06. The van der Waals surface area contributed by atoms with Crippen LogP contribution < -0.4 is 0 Å². The van der Waals surface area contributed by atoms with Crippen LogP contribution in [0.2, 0.25) is 0 Å². The van der Waals surface area contributed by atoms with E-state index in [0.717, 1.165) is 23.6 Å². The van der Waals surface area contributed by atoms with E-state index in [1.54, 1.807) is 0 Å². The maximum atomic E-state index is 12.5. The standard InChI is InChI=1S/C19H24N2O3/c1-14(2)19-17(20-13-24-19)11-21-8-9-23-12-16(21)10-18(22)15-6-4-3-5-7-15/h3-7,13-14,16H,8-12H2,1-2H3/t16-/m0/s1. The molecule has 1 aromatic heterocycles. The SMILES string of the molecule is CC(C)c1ocnc1CN1CCOC[C@@H]1CC(=O)c1ccccc1. The molecule has 5 heteroatoms. The van der Waals surface area contributed by atoms with Gasteiger partial charge in [-0.25, -0.2) is 4.98 Å². The number of aromatic nitrogens is 1. The Morgan fingerprint density at radius 3 is 2.88 bits per heavy atom. The summed E-state index contributed by atoms with van der Waals surface area (Å²) < 4.78 is 11.1. The van der Waals surface area contributed by atoms with Gasteiger partial charge in [0.2, 0.25) is 0 Å². The lowest BCUT2D eigenvalue weighted by Crippen LogP contribution is -2.46. The molecule has 24 heavy (non-hydrogen) atoms. The Morgan fingerprint density at radius 1 is 1.33 bits per heavy atom. The van der Waals surface area contributed by atoms with Crippen LogP contribution in [0.25, 0.3) is 0 Å². The highest BCUT2D eigenvalue weighted by Gasteiger charge is 2.27. The van der Waals surface area contributed by atoms with Crippen molar-refractivity contribution in [3.8, 4) is 0 Å². The number of ketones is 1. The molecule has 0 spiro atoms. The normalized spacial score (nSPS) is 18.9. The first-order valence-corrected chi connectivity index (χ1v) is 8.47. The van der Waals surface area contributed by atoms with Gasteiger partial charge in [-0.05, 0) is 0 Å². The summed E-state index contributed by atoms with van der Waals surface area (Å²) in [6, 6.07) is 9.52. The summed E-state index contributed by atoms with van der Waals surface area (Å²) in [5, 5.41) is 0. The fourth-order valence-electron chi connectivity index (χ4n) is 3.10. The predicted molar refractivity (Wildman–Crippen MR) is 91.0 cm³/mol. The van der Waals surface area contributed by atoms with E-state index in [4.69, 9.17) is 9.15 Å². The third kappa shape index (κ3) is 3.91. The molecule has 128 valence electrons. The van der Waals surface area contributed by atoms with Gasteiger partial charge in [0.25, 0.3) is 0 Å². The molecule has 0 bridgehead atoms. The Labute approximate surface area is 142 Å². The molecule has 1 atom stereocenters. The number of rotatable bonds is 6. The molecule has 0 aliphatic carbocycles. The van der Waals surface area contributed by atoms with Crippen LogP contribution in [0, 0.1) is 0 Å². The molecule has 1 saturated heterocycles.